The van der Waals surface area contributed by atoms with Crippen LogP contribution in [0.2, 0.25) is 0 Å². The number of esters is 2. The summed E-state index contributed by atoms with van der Waals surface area (Å²) in [7, 11) is 0. The van der Waals surface area contributed by atoms with Gasteiger partial charge in [0.15, 0.2) is 6.10 Å². The number of carbonyl (C=O) groups excluding carboxylic acids is 2. The smallest absolute Gasteiger partial charge is 0.480 e. The van der Waals surface area contributed by atoms with Crippen molar-refractivity contribution in [3.63, 3.8) is 0 Å². The summed E-state index contributed by atoms with van der Waals surface area (Å²) in [6.45, 7) is 4.45. The van der Waals surface area contributed by atoms with Crippen molar-refractivity contribution in [2.24, 2.45) is 0 Å². The Bertz CT molecular complexity index is 355. The Labute approximate surface area is 133 Å². The van der Waals surface area contributed by atoms with Crippen LogP contribution in [0.3, 0.4) is 0 Å². The maximum atomic E-state index is 11.3. The summed E-state index contributed by atoms with van der Waals surface area (Å²) in [5.41, 5.74) is 0.332. The molecule has 0 aromatic heterocycles. The van der Waals surface area contributed by atoms with E-state index in [-0.39, 0.29) is 42.7 Å². The second-order valence-corrected chi connectivity index (χ2v) is 3.41. The van der Waals surface area contributed by atoms with Crippen molar-refractivity contribution >= 4 is 17.9 Å². The van der Waals surface area contributed by atoms with E-state index in [2.05, 4.69) is 10.1 Å². The molecule has 0 amide bonds. The maximum absolute atomic E-state index is 11.3. The Morgan fingerprint density at radius 2 is 1.95 bits per heavy atom. The molecule has 0 saturated heterocycles. The summed E-state index contributed by atoms with van der Waals surface area (Å²) in [4.78, 5) is 32.8. The molecule has 0 aliphatic rings. The normalized spacial score (nSPS) is 11.8. The van der Waals surface area contributed by atoms with Gasteiger partial charge in [-0.15, -0.1) is 0 Å². The second-order valence-electron chi connectivity index (χ2n) is 3.41. The quantitative estimate of drug-likeness (QED) is 0.293. The van der Waals surface area contributed by atoms with Crippen LogP contribution in [-0.2, 0) is 23.9 Å². The van der Waals surface area contributed by atoms with E-state index in [0.717, 1.165) is 6.08 Å². The average molecular weight is 282 g/mol. The zero-order valence-corrected chi connectivity index (χ0v) is 13.6. The fraction of sp³-hybridized carbons (Fsp3) is 0.545. The van der Waals surface area contributed by atoms with Crippen LogP contribution in [0.4, 0.5) is 0 Å². The molecule has 0 saturated carbocycles. The van der Waals surface area contributed by atoms with Crippen molar-refractivity contribution in [1.82, 2.24) is 5.32 Å². The van der Waals surface area contributed by atoms with Crippen molar-refractivity contribution in [2.75, 3.05) is 13.2 Å². The molecule has 0 heterocycles. The molecule has 0 aromatic rings. The van der Waals surface area contributed by atoms with Gasteiger partial charge in [0.2, 0.25) is 0 Å². The Kier molecular flexibility index (Phi) is 11.6. The fourth-order valence-corrected chi connectivity index (χ4v) is 0.959. The largest absolute Gasteiger partial charge is 1.00 e. The maximum Gasteiger partial charge on any atom is 1.00 e. The van der Waals surface area contributed by atoms with Gasteiger partial charge in [-0.05, 0) is 20.8 Å². The Morgan fingerprint density at radius 1 is 1.37 bits per heavy atom. The van der Waals surface area contributed by atoms with Crippen LogP contribution in [0.1, 0.15) is 20.8 Å². The zero-order valence-electron chi connectivity index (χ0n) is 11.6. The van der Waals surface area contributed by atoms with Crippen molar-refractivity contribution in [1.29, 1.82) is 0 Å². The molecule has 7 nitrogen and oxygen atoms in total. The van der Waals surface area contributed by atoms with Gasteiger partial charge < -0.3 is 19.9 Å². The minimum Gasteiger partial charge on any atom is -0.480 e. The van der Waals surface area contributed by atoms with Crippen molar-refractivity contribution < 1.29 is 58.5 Å². The molecule has 19 heavy (non-hydrogen) atoms. The third kappa shape index (κ3) is 10.5. The number of aliphatic carboxylic acids is 1. The second kappa shape index (κ2) is 10.8. The van der Waals surface area contributed by atoms with Crippen LogP contribution in [0.5, 0.6) is 0 Å². The Balaban J connectivity index is 0. The number of nitrogens with one attached hydrogen (secondary N) is 1. The molecular formula is C11H17NNaO6+. The van der Waals surface area contributed by atoms with Crippen molar-refractivity contribution in [3.05, 3.63) is 11.8 Å². The van der Waals surface area contributed by atoms with Crippen molar-refractivity contribution in [3.8, 4) is 0 Å². The first-order chi connectivity index (χ1) is 8.36. The molecule has 0 rings (SSSR count). The number of carbonyl (C=O) groups is 3. The summed E-state index contributed by atoms with van der Waals surface area (Å²) in [5.74, 6) is -2.42. The van der Waals surface area contributed by atoms with Gasteiger partial charge in [0.1, 0.15) is 6.54 Å². The first kappa shape index (κ1) is 20.3. The first-order valence-corrected chi connectivity index (χ1v) is 5.38. The average Bonchev–Trinajstić information content (AvgIpc) is 2.26. The van der Waals surface area contributed by atoms with Crippen LogP contribution in [0.15, 0.2) is 11.8 Å². The SMILES string of the molecule is CCOC(=O)C(C)OC(=O)/C=C(\C)NCC(=O)O.[Na+]. The predicted octanol–water partition coefficient (Wildman–Crippen LogP) is -2.94. The molecule has 8 heteroatoms. The van der Waals surface area contributed by atoms with Crippen LogP contribution < -0.4 is 34.9 Å². The van der Waals surface area contributed by atoms with Crippen molar-refractivity contribution in [2.45, 2.75) is 26.9 Å². The van der Waals surface area contributed by atoms with Gasteiger partial charge in [-0.2, -0.15) is 0 Å². The zero-order chi connectivity index (χ0) is 14.1. The standard InChI is InChI=1S/C11H17NO6.Na/c1-4-17-11(16)8(3)18-10(15)5-7(2)12-6-9(13)14;/h5,8,12H,4,6H2,1-3H3,(H,13,14);/q;+1/b7-5+;. The van der Waals surface area contributed by atoms with E-state index >= 15 is 0 Å². The summed E-state index contributed by atoms with van der Waals surface area (Å²) in [6, 6.07) is 0. The Hall–Kier alpha value is -1.05. The molecule has 102 valence electrons. The fourth-order valence-electron chi connectivity index (χ4n) is 0.959. The number of carboxylic acid groups (broad SMARTS) is 1. The van der Waals surface area contributed by atoms with Crippen LogP contribution >= 0.6 is 0 Å². The van der Waals surface area contributed by atoms with E-state index in [1.807, 2.05) is 0 Å². The molecular weight excluding hydrogens is 265 g/mol. The summed E-state index contributed by atoms with van der Waals surface area (Å²) >= 11 is 0. The third-order valence-corrected chi connectivity index (χ3v) is 1.76. The topological polar surface area (TPSA) is 102 Å². The van der Waals surface area contributed by atoms with E-state index in [9.17, 15) is 14.4 Å². The van der Waals surface area contributed by atoms with Gasteiger partial charge in [-0.3, -0.25) is 4.79 Å². The number of rotatable bonds is 7. The molecule has 0 spiro atoms. The van der Waals surface area contributed by atoms with E-state index < -0.39 is 24.0 Å². The van der Waals surface area contributed by atoms with Gasteiger partial charge in [0.25, 0.3) is 0 Å². The van der Waals surface area contributed by atoms with E-state index in [0.29, 0.717) is 5.70 Å². The van der Waals surface area contributed by atoms with Gasteiger partial charge in [0.05, 0.1) is 6.61 Å². The molecule has 2 N–H and O–H groups in total. The number of ether oxygens (including phenoxy) is 2. The minimum atomic E-state index is -1.05. The van der Waals surface area contributed by atoms with Gasteiger partial charge in [-0.25, -0.2) is 9.59 Å². The molecule has 0 fully saturated rings. The summed E-state index contributed by atoms with van der Waals surface area (Å²) in [5, 5.41) is 10.9. The van der Waals surface area contributed by atoms with E-state index in [1.54, 1.807) is 6.92 Å². The number of carboxylic acids is 1. The molecule has 1 atom stereocenters. The van der Waals surface area contributed by atoms with E-state index in [4.69, 9.17) is 9.84 Å². The molecule has 0 aromatic carbocycles. The molecule has 0 aliphatic carbocycles. The van der Waals surface area contributed by atoms with E-state index in [1.165, 1.54) is 13.8 Å². The molecule has 0 bridgehead atoms. The molecule has 0 aliphatic heterocycles. The van der Waals surface area contributed by atoms with Crippen LogP contribution in [0.25, 0.3) is 0 Å². The Morgan fingerprint density at radius 3 is 2.42 bits per heavy atom. The summed E-state index contributed by atoms with van der Waals surface area (Å²) < 4.78 is 9.42. The predicted molar refractivity (Wildman–Crippen MR) is 61.6 cm³/mol. The molecule has 0 radical (unpaired) electrons. The number of hydrogen-bond acceptors (Lipinski definition) is 6. The molecule has 1 unspecified atom stereocenters. The third-order valence-electron chi connectivity index (χ3n) is 1.76. The first-order valence-electron chi connectivity index (χ1n) is 5.38. The minimum absolute atomic E-state index is 0. The monoisotopic (exact) mass is 282 g/mol. The van der Waals surface area contributed by atoms with Gasteiger partial charge in [0, 0.05) is 11.8 Å². The van der Waals surface area contributed by atoms with Crippen LogP contribution in [-0.4, -0.2) is 42.3 Å². The van der Waals surface area contributed by atoms with Gasteiger partial charge in [-0.1, -0.05) is 0 Å². The summed E-state index contributed by atoms with van der Waals surface area (Å²) in [6.07, 6.45) is 0.0690. The van der Waals surface area contributed by atoms with Gasteiger partial charge >= 0.3 is 47.5 Å². The number of allylic oxidation sites excluding steroid dienone is 1. The van der Waals surface area contributed by atoms with Crippen LogP contribution in [0, 0.1) is 0 Å². The number of hydrogen-bond donors (Lipinski definition) is 2.